The van der Waals surface area contributed by atoms with Crippen LogP contribution in [0.15, 0.2) is 46.0 Å². The zero-order valence-electron chi connectivity index (χ0n) is 14.4. The molecule has 0 saturated heterocycles. The van der Waals surface area contributed by atoms with Gasteiger partial charge in [-0.1, -0.05) is 18.2 Å². The van der Waals surface area contributed by atoms with Gasteiger partial charge in [0, 0.05) is 23.1 Å². The number of carboxylic acid groups (broad SMARTS) is 1. The molecule has 6 nitrogen and oxygen atoms in total. The van der Waals surface area contributed by atoms with Gasteiger partial charge in [0.2, 0.25) is 0 Å². The summed E-state index contributed by atoms with van der Waals surface area (Å²) in [6.45, 7) is 1.92. The smallest absolute Gasteiger partial charge is 0.354 e. The highest BCUT2D eigenvalue weighted by molar-refractivity contribution is 5.99. The summed E-state index contributed by atoms with van der Waals surface area (Å²) >= 11 is 0. The molecular formula is C20H16N2O4. The van der Waals surface area contributed by atoms with Crippen LogP contribution in [0.5, 0.6) is 0 Å². The second-order valence-corrected chi connectivity index (χ2v) is 6.24. The lowest BCUT2D eigenvalue weighted by Crippen LogP contribution is -2.19. The fraction of sp³-hybridized carbons (Fsp3) is 0.200. The minimum atomic E-state index is -1.10. The van der Waals surface area contributed by atoms with Crippen molar-refractivity contribution in [2.24, 2.45) is 9.98 Å². The average Bonchev–Trinajstić information content (AvgIpc) is 3.19. The Hall–Kier alpha value is -3.28. The van der Waals surface area contributed by atoms with E-state index in [1.165, 1.54) is 7.11 Å². The highest BCUT2D eigenvalue weighted by Gasteiger charge is 2.27. The van der Waals surface area contributed by atoms with Crippen LogP contribution in [0.2, 0.25) is 0 Å². The quantitative estimate of drug-likeness (QED) is 0.733. The molecule has 0 bridgehead atoms. The van der Waals surface area contributed by atoms with E-state index in [0.717, 1.165) is 33.3 Å². The summed E-state index contributed by atoms with van der Waals surface area (Å²) in [7, 11) is 1.32. The van der Waals surface area contributed by atoms with E-state index < -0.39 is 5.97 Å². The molecular weight excluding hydrogens is 332 g/mol. The van der Waals surface area contributed by atoms with Gasteiger partial charge in [0.15, 0.2) is 5.70 Å². The number of fused-ring (bicyclic) bond motifs is 4. The van der Waals surface area contributed by atoms with Crippen LogP contribution in [0.25, 0.3) is 16.7 Å². The molecule has 0 aliphatic carbocycles. The number of rotatable bonds is 4. The first-order valence-electron chi connectivity index (χ1n) is 8.25. The summed E-state index contributed by atoms with van der Waals surface area (Å²) in [6.07, 6.45) is 0.364. The van der Waals surface area contributed by atoms with Crippen molar-refractivity contribution in [3.8, 4) is 11.1 Å². The second kappa shape index (κ2) is 5.91. The number of para-hydroxylation sites is 1. The summed E-state index contributed by atoms with van der Waals surface area (Å²) in [6, 6.07) is 9.72. The number of allylic oxidation sites excluding steroid dienone is 1. The number of methoxy groups -OCH3 is 1. The number of hydrogen-bond acceptors (Lipinski definition) is 5. The monoisotopic (exact) mass is 348 g/mol. The van der Waals surface area contributed by atoms with Gasteiger partial charge in [0.25, 0.3) is 0 Å². The molecule has 0 saturated carbocycles. The number of ether oxygens (including phenoxy) is 1. The molecule has 0 radical (unpaired) electrons. The third-order valence-corrected chi connectivity index (χ3v) is 4.78. The van der Waals surface area contributed by atoms with Crippen LogP contribution >= 0.6 is 0 Å². The molecule has 0 aromatic heterocycles. The molecule has 1 N–H and O–H groups in total. The third kappa shape index (κ3) is 2.34. The fourth-order valence-electron chi connectivity index (χ4n) is 3.58. The van der Waals surface area contributed by atoms with Gasteiger partial charge in [-0.2, -0.15) is 0 Å². The standard InChI is InChI=1S/C20H16N2O4/c1-10-17-12(7-8-16(23)26-2)19(20(24)25)22-15(17)9-13-11-5-3-4-6-14(11)21-18(10)13/h3-6,9H,7-8H2,1-2H3,(H,24,25). The topological polar surface area (TPSA) is 88.3 Å². The molecule has 0 unspecified atom stereocenters. The zero-order valence-corrected chi connectivity index (χ0v) is 14.4. The van der Waals surface area contributed by atoms with Crippen molar-refractivity contribution in [3.63, 3.8) is 0 Å². The minimum Gasteiger partial charge on any atom is -0.477 e. The largest absolute Gasteiger partial charge is 0.477 e. The number of benzene rings is 2. The minimum absolute atomic E-state index is 0.0102. The highest BCUT2D eigenvalue weighted by atomic mass is 16.5. The fourth-order valence-corrected chi connectivity index (χ4v) is 3.58. The van der Waals surface area contributed by atoms with E-state index in [1.807, 2.05) is 37.3 Å². The summed E-state index contributed by atoms with van der Waals surface area (Å²) < 4.78 is 4.68. The van der Waals surface area contributed by atoms with Crippen molar-refractivity contribution in [1.29, 1.82) is 0 Å². The Morgan fingerprint density at radius 1 is 1.15 bits per heavy atom. The van der Waals surface area contributed by atoms with Crippen molar-refractivity contribution < 1.29 is 19.4 Å². The van der Waals surface area contributed by atoms with Crippen LogP contribution in [-0.4, -0.2) is 24.2 Å². The van der Waals surface area contributed by atoms with Gasteiger partial charge < -0.3 is 9.84 Å². The van der Waals surface area contributed by atoms with E-state index in [0.29, 0.717) is 10.9 Å². The van der Waals surface area contributed by atoms with Crippen LogP contribution in [0.1, 0.15) is 24.0 Å². The van der Waals surface area contributed by atoms with Crippen molar-refractivity contribution in [2.45, 2.75) is 19.8 Å². The Bertz CT molecular complexity index is 1130. The lowest BCUT2D eigenvalue weighted by atomic mass is 9.93. The van der Waals surface area contributed by atoms with E-state index in [4.69, 9.17) is 4.99 Å². The molecule has 2 aromatic carbocycles. The van der Waals surface area contributed by atoms with Crippen molar-refractivity contribution >= 4 is 23.2 Å². The average molecular weight is 348 g/mol. The molecule has 0 fully saturated rings. The number of nitrogens with zero attached hydrogens (tertiary/aromatic N) is 2. The maximum absolute atomic E-state index is 11.7. The predicted octanol–water partition coefficient (Wildman–Crippen LogP) is 2.31. The first-order valence-corrected chi connectivity index (χ1v) is 8.25. The molecule has 6 heteroatoms. The molecule has 2 heterocycles. The van der Waals surface area contributed by atoms with Crippen LogP contribution in [0, 0.1) is 6.92 Å². The first-order chi connectivity index (χ1) is 12.5. The number of aliphatic carboxylic acids is 1. The summed E-state index contributed by atoms with van der Waals surface area (Å²) in [5.74, 6) is -1.48. The maximum Gasteiger partial charge on any atom is 0.354 e. The van der Waals surface area contributed by atoms with Crippen molar-refractivity contribution in [1.82, 2.24) is 0 Å². The number of esters is 1. The Morgan fingerprint density at radius 2 is 1.92 bits per heavy atom. The van der Waals surface area contributed by atoms with E-state index >= 15 is 0 Å². The zero-order chi connectivity index (χ0) is 18.4. The number of hydrogen-bond donors (Lipinski definition) is 1. The molecule has 26 heavy (non-hydrogen) atoms. The SMILES string of the molecule is COC(=O)CCC1=C(C(=O)O)N=c2cc3c(c(C)c21)=Nc1ccccc1-3. The van der Waals surface area contributed by atoms with Gasteiger partial charge in [0.05, 0.1) is 23.5 Å². The number of carboxylic acids is 1. The predicted molar refractivity (Wildman–Crippen MR) is 94.4 cm³/mol. The molecule has 0 amide bonds. The van der Waals surface area contributed by atoms with Gasteiger partial charge in [0.1, 0.15) is 0 Å². The molecule has 2 aliphatic rings. The Kier molecular flexibility index (Phi) is 3.68. The number of carbonyl (C=O) groups excluding carboxylic acids is 1. The van der Waals surface area contributed by atoms with Gasteiger partial charge in [-0.05, 0) is 36.6 Å². The van der Waals surface area contributed by atoms with Crippen LogP contribution in [0.3, 0.4) is 0 Å². The van der Waals surface area contributed by atoms with E-state index in [1.54, 1.807) is 0 Å². The second-order valence-electron chi connectivity index (χ2n) is 6.24. The van der Waals surface area contributed by atoms with Crippen molar-refractivity contribution in [2.75, 3.05) is 7.11 Å². The Labute approximate surface area is 149 Å². The van der Waals surface area contributed by atoms with E-state index in [2.05, 4.69) is 9.73 Å². The third-order valence-electron chi connectivity index (χ3n) is 4.78. The van der Waals surface area contributed by atoms with Gasteiger partial charge in [-0.3, -0.25) is 4.79 Å². The van der Waals surface area contributed by atoms with Crippen LogP contribution in [-0.2, 0) is 14.3 Å². The summed E-state index contributed by atoms with van der Waals surface area (Å²) in [4.78, 5) is 32.2. The van der Waals surface area contributed by atoms with Crippen LogP contribution < -0.4 is 10.7 Å². The summed E-state index contributed by atoms with van der Waals surface area (Å²) in [5.41, 5.74) is 5.07. The van der Waals surface area contributed by atoms with Crippen molar-refractivity contribution in [3.05, 3.63) is 57.9 Å². The number of carbonyl (C=O) groups is 2. The van der Waals surface area contributed by atoms with E-state index in [-0.39, 0.29) is 24.5 Å². The normalized spacial score (nSPS) is 13.5. The van der Waals surface area contributed by atoms with Gasteiger partial charge in [-0.25, -0.2) is 14.8 Å². The first kappa shape index (κ1) is 16.2. The summed E-state index contributed by atoms with van der Waals surface area (Å²) in [5, 5.41) is 11.0. The molecule has 4 rings (SSSR count). The highest BCUT2D eigenvalue weighted by Crippen LogP contribution is 2.35. The van der Waals surface area contributed by atoms with Crippen LogP contribution in [0.4, 0.5) is 5.69 Å². The molecule has 0 spiro atoms. The Balaban J connectivity index is 1.90. The molecule has 0 atom stereocenters. The lowest BCUT2D eigenvalue weighted by Gasteiger charge is -2.09. The Morgan fingerprint density at radius 3 is 2.65 bits per heavy atom. The van der Waals surface area contributed by atoms with Gasteiger partial charge >= 0.3 is 11.9 Å². The maximum atomic E-state index is 11.7. The van der Waals surface area contributed by atoms with Gasteiger partial charge in [-0.15, -0.1) is 0 Å². The lowest BCUT2D eigenvalue weighted by molar-refractivity contribution is -0.140. The molecule has 2 aliphatic heterocycles. The molecule has 130 valence electrons. The molecule has 2 aromatic rings. The van der Waals surface area contributed by atoms with E-state index in [9.17, 15) is 14.7 Å².